The van der Waals surface area contributed by atoms with Gasteiger partial charge in [-0.3, -0.25) is 10.1 Å². The number of halogens is 1. The third kappa shape index (κ3) is 2.88. The molecule has 7 heteroatoms. The van der Waals surface area contributed by atoms with Crippen molar-refractivity contribution in [3.05, 3.63) is 11.2 Å². The SMILES string of the molecule is COc1cc(Cl)nc(NC(=O)C2CNCC2C)n1. The summed E-state index contributed by atoms with van der Waals surface area (Å²) in [5, 5.41) is 6.07. The van der Waals surface area contributed by atoms with Gasteiger partial charge < -0.3 is 10.1 Å². The summed E-state index contributed by atoms with van der Waals surface area (Å²) in [6, 6.07) is 1.48. The van der Waals surface area contributed by atoms with Gasteiger partial charge in [0.2, 0.25) is 17.7 Å². The van der Waals surface area contributed by atoms with E-state index in [1.54, 1.807) is 0 Å². The molecule has 1 aliphatic rings. The molecule has 0 radical (unpaired) electrons. The first kappa shape index (κ1) is 13.0. The summed E-state index contributed by atoms with van der Waals surface area (Å²) in [7, 11) is 1.48. The third-order valence-electron chi connectivity index (χ3n) is 2.97. The van der Waals surface area contributed by atoms with E-state index in [9.17, 15) is 4.79 Å². The second-order valence-electron chi connectivity index (χ2n) is 4.29. The van der Waals surface area contributed by atoms with Crippen LogP contribution in [0.5, 0.6) is 5.88 Å². The molecule has 0 spiro atoms. The number of rotatable bonds is 3. The lowest BCUT2D eigenvalue weighted by molar-refractivity contribution is -0.120. The molecule has 0 aromatic carbocycles. The summed E-state index contributed by atoms with van der Waals surface area (Å²) in [4.78, 5) is 20.0. The van der Waals surface area contributed by atoms with Crippen molar-refractivity contribution < 1.29 is 9.53 Å². The number of aromatic nitrogens is 2. The second kappa shape index (κ2) is 5.49. The molecule has 2 heterocycles. The maximum Gasteiger partial charge on any atom is 0.234 e. The predicted molar refractivity (Wildman–Crippen MR) is 67.7 cm³/mol. The highest BCUT2D eigenvalue weighted by Gasteiger charge is 2.30. The van der Waals surface area contributed by atoms with E-state index in [-0.39, 0.29) is 22.9 Å². The Morgan fingerprint density at radius 3 is 2.94 bits per heavy atom. The van der Waals surface area contributed by atoms with E-state index < -0.39 is 0 Å². The number of anilines is 1. The Morgan fingerprint density at radius 2 is 2.33 bits per heavy atom. The van der Waals surface area contributed by atoms with Gasteiger partial charge in [-0.25, -0.2) is 4.98 Å². The predicted octanol–water partition coefficient (Wildman–Crippen LogP) is 0.933. The van der Waals surface area contributed by atoms with Crippen molar-refractivity contribution >= 4 is 23.5 Å². The fraction of sp³-hybridized carbons (Fsp3) is 0.545. The summed E-state index contributed by atoms with van der Waals surface area (Å²) in [5.41, 5.74) is 0. The first-order valence-electron chi connectivity index (χ1n) is 5.70. The fourth-order valence-electron chi connectivity index (χ4n) is 1.92. The number of carbonyl (C=O) groups is 1. The third-order valence-corrected chi connectivity index (χ3v) is 3.16. The Balaban J connectivity index is 2.09. The van der Waals surface area contributed by atoms with Crippen molar-refractivity contribution in [3.8, 4) is 5.88 Å². The average molecular weight is 271 g/mol. The molecule has 18 heavy (non-hydrogen) atoms. The van der Waals surface area contributed by atoms with Crippen LogP contribution in [0.15, 0.2) is 6.07 Å². The van der Waals surface area contributed by atoms with E-state index in [4.69, 9.17) is 16.3 Å². The number of carbonyl (C=O) groups excluding carboxylic acids is 1. The van der Waals surface area contributed by atoms with Crippen LogP contribution < -0.4 is 15.4 Å². The van der Waals surface area contributed by atoms with Crippen LogP contribution in [-0.4, -0.2) is 36.1 Å². The average Bonchev–Trinajstić information content (AvgIpc) is 2.74. The topological polar surface area (TPSA) is 76.1 Å². The molecule has 1 aliphatic heterocycles. The number of amides is 1. The van der Waals surface area contributed by atoms with Crippen LogP contribution in [0.25, 0.3) is 0 Å². The maximum absolute atomic E-state index is 12.0. The minimum absolute atomic E-state index is 0.0708. The van der Waals surface area contributed by atoms with Gasteiger partial charge in [-0.2, -0.15) is 4.98 Å². The number of nitrogens with one attached hydrogen (secondary N) is 2. The van der Waals surface area contributed by atoms with E-state index in [1.165, 1.54) is 13.2 Å². The van der Waals surface area contributed by atoms with Gasteiger partial charge in [0.25, 0.3) is 0 Å². The van der Waals surface area contributed by atoms with Gasteiger partial charge in [0.15, 0.2) is 0 Å². The fourth-order valence-corrected chi connectivity index (χ4v) is 2.09. The number of ether oxygens (including phenoxy) is 1. The Labute approximate surface area is 110 Å². The molecule has 2 N–H and O–H groups in total. The summed E-state index contributed by atoms with van der Waals surface area (Å²) in [6.07, 6.45) is 0. The zero-order valence-electron chi connectivity index (χ0n) is 10.2. The van der Waals surface area contributed by atoms with Gasteiger partial charge in [-0.15, -0.1) is 0 Å². The van der Waals surface area contributed by atoms with Crippen molar-refractivity contribution in [2.75, 3.05) is 25.5 Å². The number of methoxy groups -OCH3 is 1. The first-order valence-corrected chi connectivity index (χ1v) is 6.08. The first-order chi connectivity index (χ1) is 8.60. The van der Waals surface area contributed by atoms with Gasteiger partial charge >= 0.3 is 0 Å². The molecule has 1 amide bonds. The Hall–Kier alpha value is -1.40. The van der Waals surface area contributed by atoms with Crippen molar-refractivity contribution in [2.24, 2.45) is 11.8 Å². The lowest BCUT2D eigenvalue weighted by atomic mass is 9.97. The molecule has 0 saturated carbocycles. The highest BCUT2D eigenvalue weighted by molar-refractivity contribution is 6.29. The van der Waals surface area contributed by atoms with E-state index in [0.29, 0.717) is 18.3 Å². The van der Waals surface area contributed by atoms with Crippen LogP contribution in [0.3, 0.4) is 0 Å². The minimum atomic E-state index is -0.100. The van der Waals surface area contributed by atoms with Crippen molar-refractivity contribution in [2.45, 2.75) is 6.92 Å². The lowest BCUT2D eigenvalue weighted by Crippen LogP contribution is -2.28. The van der Waals surface area contributed by atoms with Crippen molar-refractivity contribution in [1.82, 2.24) is 15.3 Å². The zero-order valence-corrected chi connectivity index (χ0v) is 11.0. The molecular formula is C11H15ClN4O2. The monoisotopic (exact) mass is 270 g/mol. The van der Waals surface area contributed by atoms with Crippen LogP contribution >= 0.6 is 11.6 Å². The van der Waals surface area contributed by atoms with Gasteiger partial charge in [-0.1, -0.05) is 18.5 Å². The van der Waals surface area contributed by atoms with Crippen LogP contribution in [0, 0.1) is 11.8 Å². The molecule has 1 aromatic heterocycles. The van der Waals surface area contributed by atoms with Gasteiger partial charge in [0.05, 0.1) is 13.0 Å². The second-order valence-corrected chi connectivity index (χ2v) is 4.68. The Kier molecular flexibility index (Phi) is 3.98. The van der Waals surface area contributed by atoms with Crippen LogP contribution in [0.2, 0.25) is 5.15 Å². The van der Waals surface area contributed by atoms with Crippen LogP contribution in [0.1, 0.15) is 6.92 Å². The quantitative estimate of drug-likeness (QED) is 0.799. The van der Waals surface area contributed by atoms with E-state index in [2.05, 4.69) is 20.6 Å². The lowest BCUT2D eigenvalue weighted by Gasteiger charge is -2.13. The van der Waals surface area contributed by atoms with E-state index in [0.717, 1.165) is 6.54 Å². The molecule has 0 aliphatic carbocycles. The standard InChI is InChI=1S/C11H15ClN4O2/c1-6-4-13-5-7(6)10(17)16-11-14-8(12)3-9(15-11)18-2/h3,6-7,13H,4-5H2,1-2H3,(H,14,15,16,17). The largest absolute Gasteiger partial charge is 0.481 e. The van der Waals surface area contributed by atoms with Gasteiger partial charge in [0, 0.05) is 12.6 Å². The maximum atomic E-state index is 12.0. The molecule has 2 rings (SSSR count). The molecule has 1 fully saturated rings. The Bertz CT molecular complexity index is 455. The molecule has 2 unspecified atom stereocenters. The smallest absolute Gasteiger partial charge is 0.234 e. The molecule has 2 atom stereocenters. The summed E-state index contributed by atoms with van der Waals surface area (Å²) in [5.74, 6) is 0.618. The molecule has 1 saturated heterocycles. The highest BCUT2D eigenvalue weighted by Crippen LogP contribution is 2.19. The van der Waals surface area contributed by atoms with Crippen LogP contribution in [-0.2, 0) is 4.79 Å². The normalized spacial score (nSPS) is 22.8. The number of hydrogen-bond acceptors (Lipinski definition) is 5. The molecule has 0 bridgehead atoms. The summed E-state index contributed by atoms with van der Waals surface area (Å²) < 4.78 is 4.96. The molecule has 6 nitrogen and oxygen atoms in total. The Morgan fingerprint density at radius 1 is 1.56 bits per heavy atom. The van der Waals surface area contributed by atoms with Crippen LogP contribution in [0.4, 0.5) is 5.95 Å². The van der Waals surface area contributed by atoms with E-state index in [1.807, 2.05) is 6.92 Å². The molecular weight excluding hydrogens is 256 g/mol. The number of hydrogen-bond donors (Lipinski definition) is 2. The minimum Gasteiger partial charge on any atom is -0.481 e. The molecule has 1 aromatic rings. The highest BCUT2D eigenvalue weighted by atomic mass is 35.5. The zero-order chi connectivity index (χ0) is 13.1. The van der Waals surface area contributed by atoms with E-state index >= 15 is 0 Å². The number of nitrogens with zero attached hydrogens (tertiary/aromatic N) is 2. The molecule has 98 valence electrons. The van der Waals surface area contributed by atoms with Crippen molar-refractivity contribution in [1.29, 1.82) is 0 Å². The van der Waals surface area contributed by atoms with Crippen molar-refractivity contribution in [3.63, 3.8) is 0 Å². The van der Waals surface area contributed by atoms with Gasteiger partial charge in [0.1, 0.15) is 5.15 Å². The van der Waals surface area contributed by atoms with Gasteiger partial charge in [-0.05, 0) is 12.5 Å². The summed E-state index contributed by atoms with van der Waals surface area (Å²) >= 11 is 5.81. The summed E-state index contributed by atoms with van der Waals surface area (Å²) in [6.45, 7) is 3.55.